The minimum Gasteiger partial charge on any atom is -0.382 e. The van der Waals surface area contributed by atoms with E-state index in [4.69, 9.17) is 6.42 Å². The first-order valence-electron chi connectivity index (χ1n) is 4.75. The van der Waals surface area contributed by atoms with Crippen molar-refractivity contribution in [2.45, 2.75) is 19.1 Å². The molecule has 0 aliphatic heterocycles. The largest absolute Gasteiger partial charge is 0.382 e. The zero-order chi connectivity index (χ0) is 10.4. The third kappa shape index (κ3) is 2.88. The van der Waals surface area contributed by atoms with Crippen LogP contribution >= 0.6 is 0 Å². The van der Waals surface area contributed by atoms with Crippen molar-refractivity contribution in [3.63, 3.8) is 0 Å². The Bertz CT molecular complexity index is 302. The van der Waals surface area contributed by atoms with Crippen molar-refractivity contribution in [1.82, 2.24) is 0 Å². The molecule has 0 saturated heterocycles. The smallest absolute Gasteiger partial charge is 0.137 e. The van der Waals surface area contributed by atoms with Gasteiger partial charge in [-0.15, -0.1) is 6.42 Å². The lowest BCUT2D eigenvalue weighted by Gasteiger charge is -2.16. The van der Waals surface area contributed by atoms with Gasteiger partial charge in [0.25, 0.3) is 0 Å². The summed E-state index contributed by atoms with van der Waals surface area (Å²) in [5.41, 5.74) is 0.938. The van der Waals surface area contributed by atoms with Crippen LogP contribution in [0.3, 0.4) is 0 Å². The first-order chi connectivity index (χ1) is 6.75. The quantitative estimate of drug-likeness (QED) is 0.659. The normalized spacial score (nSPS) is 14.4. The molecule has 0 aliphatic carbocycles. The molecule has 74 valence electrons. The lowest BCUT2D eigenvalue weighted by molar-refractivity contribution is -0.684. The van der Waals surface area contributed by atoms with E-state index in [9.17, 15) is 5.11 Å². The van der Waals surface area contributed by atoms with Crippen molar-refractivity contribution < 1.29 is 10.4 Å². The summed E-state index contributed by atoms with van der Waals surface area (Å²) in [5.74, 6) is 2.54. The van der Waals surface area contributed by atoms with Gasteiger partial charge in [0, 0.05) is 0 Å². The molecular weight excluding hydrogens is 174 g/mol. The van der Waals surface area contributed by atoms with Crippen LogP contribution in [0.25, 0.3) is 0 Å². The van der Waals surface area contributed by atoms with Crippen molar-refractivity contribution in [3.05, 3.63) is 35.9 Å². The van der Waals surface area contributed by atoms with E-state index >= 15 is 0 Å². The Labute approximate surface area is 85.0 Å². The van der Waals surface area contributed by atoms with Crippen LogP contribution in [0.2, 0.25) is 0 Å². The van der Waals surface area contributed by atoms with Gasteiger partial charge in [0.2, 0.25) is 0 Å². The molecule has 0 radical (unpaired) electrons. The fourth-order valence-corrected chi connectivity index (χ4v) is 1.34. The average molecular weight is 190 g/mol. The molecule has 1 rings (SSSR count). The minimum atomic E-state index is -0.454. The highest BCUT2D eigenvalue weighted by atomic mass is 16.3. The second kappa shape index (κ2) is 5.43. The molecule has 14 heavy (non-hydrogen) atoms. The van der Waals surface area contributed by atoms with Crippen LogP contribution in [0.5, 0.6) is 0 Å². The SMILES string of the molecule is C#CC[NH2+][C@H](C)[C@H](O)c1ccccc1. The van der Waals surface area contributed by atoms with Gasteiger partial charge in [-0.1, -0.05) is 30.3 Å². The van der Waals surface area contributed by atoms with Gasteiger partial charge in [-0.05, 0) is 18.4 Å². The maximum atomic E-state index is 9.92. The number of nitrogens with two attached hydrogens (primary N) is 1. The lowest BCUT2D eigenvalue weighted by Crippen LogP contribution is -2.90. The third-order valence-corrected chi connectivity index (χ3v) is 2.25. The molecule has 3 N–H and O–H groups in total. The molecule has 1 aromatic carbocycles. The first kappa shape index (κ1) is 10.8. The standard InChI is InChI=1S/C12H15NO/c1-3-9-13-10(2)12(14)11-7-5-4-6-8-11/h1,4-8,10,12-14H,9H2,2H3/p+1/t10-,12+/m1/s1. The number of terminal acetylenes is 1. The second-order valence-electron chi connectivity index (χ2n) is 3.36. The summed E-state index contributed by atoms with van der Waals surface area (Å²) in [6, 6.07) is 9.72. The second-order valence-corrected chi connectivity index (χ2v) is 3.36. The lowest BCUT2D eigenvalue weighted by atomic mass is 10.0. The van der Waals surface area contributed by atoms with E-state index in [1.54, 1.807) is 0 Å². The van der Waals surface area contributed by atoms with Crippen LogP contribution in [0, 0.1) is 12.3 Å². The van der Waals surface area contributed by atoms with Crippen molar-refractivity contribution in [3.8, 4) is 12.3 Å². The number of benzene rings is 1. The van der Waals surface area contributed by atoms with Gasteiger partial charge in [0.1, 0.15) is 18.7 Å². The van der Waals surface area contributed by atoms with Crippen LogP contribution in [0.15, 0.2) is 30.3 Å². The zero-order valence-electron chi connectivity index (χ0n) is 8.35. The molecule has 1 aromatic rings. The van der Waals surface area contributed by atoms with Crippen LogP contribution in [0.4, 0.5) is 0 Å². The number of aliphatic hydroxyl groups excluding tert-OH is 1. The number of aliphatic hydroxyl groups is 1. The fraction of sp³-hybridized carbons (Fsp3) is 0.333. The van der Waals surface area contributed by atoms with Gasteiger partial charge in [0.05, 0.1) is 0 Å². The van der Waals surface area contributed by atoms with Crippen molar-refractivity contribution in [2.24, 2.45) is 0 Å². The van der Waals surface area contributed by atoms with Gasteiger partial charge < -0.3 is 10.4 Å². The number of hydrogen-bond donors (Lipinski definition) is 2. The summed E-state index contributed by atoms with van der Waals surface area (Å²) in [5, 5.41) is 11.9. The molecule has 0 aromatic heterocycles. The van der Waals surface area contributed by atoms with Crippen LogP contribution in [0.1, 0.15) is 18.6 Å². The van der Waals surface area contributed by atoms with E-state index in [0.717, 1.165) is 5.56 Å². The average Bonchev–Trinajstić information content (AvgIpc) is 2.26. The minimum absolute atomic E-state index is 0.0912. The summed E-state index contributed by atoms with van der Waals surface area (Å²) in [7, 11) is 0. The van der Waals surface area contributed by atoms with E-state index in [-0.39, 0.29) is 6.04 Å². The number of quaternary nitrogens is 1. The Balaban J connectivity index is 2.57. The fourth-order valence-electron chi connectivity index (χ4n) is 1.34. The van der Waals surface area contributed by atoms with E-state index in [2.05, 4.69) is 5.92 Å². The highest BCUT2D eigenvalue weighted by Crippen LogP contribution is 2.13. The summed E-state index contributed by atoms with van der Waals surface area (Å²) >= 11 is 0. The summed E-state index contributed by atoms with van der Waals surface area (Å²) in [6.45, 7) is 2.57. The maximum absolute atomic E-state index is 9.92. The van der Waals surface area contributed by atoms with Gasteiger partial charge in [0.15, 0.2) is 0 Å². The molecule has 0 aliphatic rings. The Morgan fingerprint density at radius 2 is 2.07 bits per heavy atom. The van der Waals surface area contributed by atoms with E-state index in [0.29, 0.717) is 6.54 Å². The zero-order valence-corrected chi connectivity index (χ0v) is 8.35. The molecule has 0 unspecified atom stereocenters. The predicted octanol–water partition coefficient (Wildman–Crippen LogP) is 0.305. The van der Waals surface area contributed by atoms with Crippen molar-refractivity contribution >= 4 is 0 Å². The van der Waals surface area contributed by atoms with Crippen LogP contribution in [-0.2, 0) is 0 Å². The van der Waals surface area contributed by atoms with Crippen LogP contribution < -0.4 is 5.32 Å². The maximum Gasteiger partial charge on any atom is 0.137 e. The molecule has 0 bridgehead atoms. The van der Waals surface area contributed by atoms with E-state index in [1.165, 1.54) is 0 Å². The van der Waals surface area contributed by atoms with E-state index in [1.807, 2.05) is 42.6 Å². The van der Waals surface area contributed by atoms with E-state index < -0.39 is 6.10 Å². The molecular formula is C12H16NO+. The van der Waals surface area contributed by atoms with Gasteiger partial charge in [-0.3, -0.25) is 0 Å². The third-order valence-electron chi connectivity index (χ3n) is 2.25. The predicted molar refractivity (Wildman–Crippen MR) is 56.5 cm³/mol. The molecule has 2 nitrogen and oxygen atoms in total. The highest BCUT2D eigenvalue weighted by Gasteiger charge is 2.17. The highest BCUT2D eigenvalue weighted by molar-refractivity contribution is 5.17. The molecule has 0 spiro atoms. The number of rotatable bonds is 4. The van der Waals surface area contributed by atoms with Crippen molar-refractivity contribution in [2.75, 3.05) is 6.54 Å². The molecule has 0 amide bonds. The van der Waals surface area contributed by atoms with Gasteiger partial charge in [-0.25, -0.2) is 0 Å². The van der Waals surface area contributed by atoms with Crippen LogP contribution in [-0.4, -0.2) is 17.7 Å². The molecule has 2 atom stereocenters. The molecule has 0 fully saturated rings. The van der Waals surface area contributed by atoms with Gasteiger partial charge >= 0.3 is 0 Å². The number of hydrogen-bond acceptors (Lipinski definition) is 1. The first-order valence-corrected chi connectivity index (χ1v) is 4.75. The molecule has 2 heteroatoms. The summed E-state index contributed by atoms with van der Waals surface area (Å²) < 4.78 is 0. The van der Waals surface area contributed by atoms with Crippen molar-refractivity contribution in [1.29, 1.82) is 0 Å². The Kier molecular flexibility index (Phi) is 4.18. The summed E-state index contributed by atoms with van der Waals surface area (Å²) in [6.07, 6.45) is 4.70. The van der Waals surface area contributed by atoms with Gasteiger partial charge in [-0.2, -0.15) is 0 Å². The Morgan fingerprint density at radius 1 is 1.43 bits per heavy atom. The Hall–Kier alpha value is -1.30. The topological polar surface area (TPSA) is 36.8 Å². The monoisotopic (exact) mass is 190 g/mol. The summed E-state index contributed by atoms with van der Waals surface area (Å²) in [4.78, 5) is 0. The molecule has 0 saturated carbocycles. The Morgan fingerprint density at radius 3 is 2.64 bits per heavy atom. The molecule has 0 heterocycles.